The van der Waals surface area contributed by atoms with Crippen LogP contribution in [0.3, 0.4) is 0 Å². The Hall–Kier alpha value is -2.68. The molecule has 1 aliphatic heterocycles. The molecule has 0 fully saturated rings. The minimum Gasteiger partial charge on any atom is -0.290 e. The molecule has 22 heavy (non-hydrogen) atoms. The van der Waals surface area contributed by atoms with Gasteiger partial charge in [-0.1, -0.05) is 48.5 Å². The van der Waals surface area contributed by atoms with Crippen molar-refractivity contribution in [3.05, 3.63) is 77.6 Å². The van der Waals surface area contributed by atoms with Gasteiger partial charge in [0.05, 0.1) is 5.56 Å². The number of Topliss-reactive ketones (excluding diaryl/α,β-unsaturated/α-hetero) is 1. The van der Waals surface area contributed by atoms with E-state index in [4.69, 9.17) is 0 Å². The van der Waals surface area contributed by atoms with Gasteiger partial charge in [0, 0.05) is 18.1 Å². The van der Waals surface area contributed by atoms with E-state index < -0.39 is 0 Å². The van der Waals surface area contributed by atoms with Crippen LogP contribution in [0, 0.1) is 6.92 Å². The Bertz CT molecular complexity index is 862. The van der Waals surface area contributed by atoms with Crippen LogP contribution in [-0.4, -0.2) is 10.4 Å². The summed E-state index contributed by atoms with van der Waals surface area (Å²) in [5.74, 6) is 1.28. The largest absolute Gasteiger partial charge is 0.290 e. The molecule has 108 valence electrons. The fourth-order valence-electron chi connectivity index (χ4n) is 3.22. The summed E-state index contributed by atoms with van der Waals surface area (Å²) in [5.41, 5.74) is 4.43. The molecule has 3 aromatic rings. The molecule has 0 radical (unpaired) electrons. The Balaban J connectivity index is 1.75. The van der Waals surface area contributed by atoms with Gasteiger partial charge in [-0.15, -0.1) is 0 Å². The van der Waals surface area contributed by atoms with Crippen LogP contribution in [-0.2, 0) is 13.1 Å². The Morgan fingerprint density at radius 3 is 2.64 bits per heavy atom. The molecule has 1 aliphatic rings. The van der Waals surface area contributed by atoms with Crippen LogP contribution < -0.4 is 4.57 Å². The number of aryl methyl sites for hydroxylation is 1. The molecule has 2 aromatic carbocycles. The first-order valence-electron chi connectivity index (χ1n) is 7.50. The van der Waals surface area contributed by atoms with Gasteiger partial charge in [-0.05, 0) is 6.07 Å². The lowest BCUT2D eigenvalue weighted by Crippen LogP contribution is -2.30. The van der Waals surface area contributed by atoms with E-state index in [1.54, 1.807) is 0 Å². The molecule has 0 bridgehead atoms. The highest BCUT2D eigenvalue weighted by molar-refractivity contribution is 5.96. The summed E-state index contributed by atoms with van der Waals surface area (Å²) in [7, 11) is 0. The summed E-state index contributed by atoms with van der Waals surface area (Å²) in [6.45, 7) is 3.33. The summed E-state index contributed by atoms with van der Waals surface area (Å²) >= 11 is 0. The second-order valence-corrected chi connectivity index (χ2v) is 5.75. The standard InChI is InChI=1S/C19H17N2O/c1-14-11-20-12-16-9-5-6-10-17(16)19(20)21(14)13-18(22)15-7-3-2-4-8-15/h2-11H,12-13H2,1H3/q+1. The minimum atomic E-state index is 0.145. The van der Waals surface area contributed by atoms with Gasteiger partial charge in [-0.2, -0.15) is 0 Å². The van der Waals surface area contributed by atoms with Crippen LogP contribution >= 0.6 is 0 Å². The van der Waals surface area contributed by atoms with Gasteiger partial charge < -0.3 is 0 Å². The second kappa shape index (κ2) is 4.95. The maximum Gasteiger partial charge on any atom is 0.290 e. The van der Waals surface area contributed by atoms with E-state index in [1.165, 1.54) is 11.1 Å². The molecule has 0 spiro atoms. The van der Waals surface area contributed by atoms with Crippen LogP contribution in [0.25, 0.3) is 11.4 Å². The van der Waals surface area contributed by atoms with Gasteiger partial charge >= 0.3 is 0 Å². The SMILES string of the molecule is Cc1c[n+]2c(n1CC(=O)c1ccccc1)-c1ccccc1C2. The average Bonchev–Trinajstić information content (AvgIpc) is 3.04. The summed E-state index contributed by atoms with van der Waals surface area (Å²) in [6, 6.07) is 17.9. The lowest BCUT2D eigenvalue weighted by Gasteiger charge is -2.03. The number of hydrogen-bond acceptors (Lipinski definition) is 1. The van der Waals surface area contributed by atoms with E-state index in [2.05, 4.69) is 46.5 Å². The average molecular weight is 289 g/mol. The van der Waals surface area contributed by atoms with E-state index in [1.807, 2.05) is 30.3 Å². The molecular formula is C19H17N2O+. The van der Waals surface area contributed by atoms with Crippen LogP contribution in [0.5, 0.6) is 0 Å². The van der Waals surface area contributed by atoms with Crippen LogP contribution in [0.1, 0.15) is 21.6 Å². The third-order valence-corrected chi connectivity index (χ3v) is 4.29. The molecule has 0 saturated carbocycles. The molecule has 0 unspecified atom stereocenters. The summed E-state index contributed by atoms with van der Waals surface area (Å²) in [5, 5.41) is 0. The zero-order valence-corrected chi connectivity index (χ0v) is 12.5. The predicted molar refractivity (Wildman–Crippen MR) is 84.7 cm³/mol. The van der Waals surface area contributed by atoms with E-state index >= 15 is 0 Å². The third-order valence-electron chi connectivity index (χ3n) is 4.29. The van der Waals surface area contributed by atoms with Gasteiger partial charge in [0.1, 0.15) is 18.4 Å². The van der Waals surface area contributed by atoms with Gasteiger partial charge in [0.15, 0.2) is 6.54 Å². The highest BCUT2D eigenvalue weighted by atomic mass is 16.1. The van der Waals surface area contributed by atoms with Crippen molar-refractivity contribution in [1.82, 2.24) is 4.57 Å². The lowest BCUT2D eigenvalue weighted by atomic mass is 10.1. The van der Waals surface area contributed by atoms with E-state index in [0.29, 0.717) is 6.54 Å². The molecule has 0 N–H and O–H groups in total. The highest BCUT2D eigenvalue weighted by Gasteiger charge is 2.31. The summed E-state index contributed by atoms with van der Waals surface area (Å²) < 4.78 is 4.36. The highest BCUT2D eigenvalue weighted by Crippen LogP contribution is 2.28. The number of carbonyl (C=O) groups is 1. The molecule has 3 heteroatoms. The Kier molecular flexibility index (Phi) is 2.93. The smallest absolute Gasteiger partial charge is 0.290 e. The molecule has 3 nitrogen and oxygen atoms in total. The Morgan fingerprint density at radius 1 is 1.09 bits per heavy atom. The first-order valence-corrected chi connectivity index (χ1v) is 7.50. The fourth-order valence-corrected chi connectivity index (χ4v) is 3.22. The zero-order chi connectivity index (χ0) is 15.1. The van der Waals surface area contributed by atoms with Crippen molar-refractivity contribution in [1.29, 1.82) is 0 Å². The number of imidazole rings is 1. The van der Waals surface area contributed by atoms with Gasteiger partial charge in [0.2, 0.25) is 5.78 Å². The maximum absolute atomic E-state index is 12.5. The minimum absolute atomic E-state index is 0.145. The molecule has 4 rings (SSSR count). The lowest BCUT2D eigenvalue weighted by molar-refractivity contribution is -0.671. The van der Waals surface area contributed by atoms with Crippen molar-refractivity contribution in [2.45, 2.75) is 20.0 Å². The topological polar surface area (TPSA) is 25.9 Å². The summed E-state index contributed by atoms with van der Waals surface area (Å²) in [6.07, 6.45) is 2.13. The number of nitrogens with zero attached hydrogens (tertiary/aromatic N) is 2. The molecule has 1 aromatic heterocycles. The summed E-state index contributed by atoms with van der Waals surface area (Å²) in [4.78, 5) is 12.5. The predicted octanol–water partition coefficient (Wildman–Crippen LogP) is 3.00. The molecule has 0 amide bonds. The Labute approximate surface area is 129 Å². The van der Waals surface area contributed by atoms with Crippen LogP contribution in [0.2, 0.25) is 0 Å². The zero-order valence-electron chi connectivity index (χ0n) is 12.5. The number of carbonyl (C=O) groups excluding carboxylic acids is 1. The van der Waals surface area contributed by atoms with Gasteiger partial charge in [-0.25, -0.2) is 9.13 Å². The van der Waals surface area contributed by atoms with Crippen molar-refractivity contribution in [2.24, 2.45) is 0 Å². The molecular weight excluding hydrogens is 272 g/mol. The molecule has 0 atom stereocenters. The van der Waals surface area contributed by atoms with Crippen molar-refractivity contribution < 1.29 is 9.36 Å². The number of hydrogen-bond donors (Lipinski definition) is 0. The third kappa shape index (κ3) is 1.98. The molecule has 2 heterocycles. The quantitative estimate of drug-likeness (QED) is 0.420. The number of rotatable bonds is 3. The first kappa shape index (κ1) is 13.0. The van der Waals surface area contributed by atoms with E-state index in [9.17, 15) is 4.79 Å². The van der Waals surface area contributed by atoms with Crippen molar-refractivity contribution in [3.8, 4) is 11.4 Å². The fraction of sp³-hybridized carbons (Fsp3) is 0.158. The van der Waals surface area contributed by atoms with E-state index in [0.717, 1.165) is 23.6 Å². The van der Waals surface area contributed by atoms with Crippen molar-refractivity contribution in [2.75, 3.05) is 0 Å². The van der Waals surface area contributed by atoms with E-state index in [-0.39, 0.29) is 5.78 Å². The number of aromatic nitrogens is 2. The normalized spacial score (nSPS) is 12.0. The first-order chi connectivity index (χ1) is 10.7. The number of fused-ring (bicyclic) bond motifs is 3. The number of ketones is 1. The van der Waals surface area contributed by atoms with Gasteiger partial charge in [0.25, 0.3) is 5.82 Å². The van der Waals surface area contributed by atoms with Crippen molar-refractivity contribution in [3.63, 3.8) is 0 Å². The monoisotopic (exact) mass is 289 g/mol. The molecule has 0 aliphatic carbocycles. The number of benzene rings is 2. The molecule has 0 saturated heterocycles. The van der Waals surface area contributed by atoms with Gasteiger partial charge in [-0.3, -0.25) is 4.79 Å². The Morgan fingerprint density at radius 2 is 1.82 bits per heavy atom. The second-order valence-electron chi connectivity index (χ2n) is 5.75. The van der Waals surface area contributed by atoms with Crippen LogP contribution in [0.15, 0.2) is 60.8 Å². The van der Waals surface area contributed by atoms with Crippen molar-refractivity contribution >= 4 is 5.78 Å². The maximum atomic E-state index is 12.5. The van der Waals surface area contributed by atoms with Crippen LogP contribution in [0.4, 0.5) is 0 Å².